The van der Waals surface area contributed by atoms with Crippen LogP contribution in [0, 0.1) is 6.92 Å². The maximum Gasteiger partial charge on any atom is 0.172 e. The average molecular weight is 312 g/mol. The van der Waals surface area contributed by atoms with Crippen molar-refractivity contribution in [3.05, 3.63) is 70.4 Å². The summed E-state index contributed by atoms with van der Waals surface area (Å²) in [7, 11) is 0. The second-order valence-electron chi connectivity index (χ2n) is 5.04. The number of halogens is 1. The predicted molar refractivity (Wildman–Crippen MR) is 86.1 cm³/mol. The van der Waals surface area contributed by atoms with Crippen molar-refractivity contribution in [3.63, 3.8) is 0 Å². The molecule has 1 heterocycles. The molecule has 0 bridgehead atoms. The molecule has 3 aromatic rings. The average Bonchev–Trinajstić information content (AvgIpc) is 2.92. The summed E-state index contributed by atoms with van der Waals surface area (Å²) in [6.07, 6.45) is 0.720. The fraction of sp³-hybridized carbons (Fsp3) is 0.118. The minimum atomic E-state index is 0.316. The Morgan fingerprint density at radius 1 is 1.18 bits per heavy atom. The number of aryl methyl sites for hydroxylation is 1. The van der Waals surface area contributed by atoms with Crippen LogP contribution in [0.5, 0.6) is 0 Å². The molecule has 110 valence electrons. The van der Waals surface area contributed by atoms with Gasteiger partial charge in [-0.3, -0.25) is 4.79 Å². The van der Waals surface area contributed by atoms with Crippen LogP contribution in [0.1, 0.15) is 21.6 Å². The molecule has 0 aliphatic carbocycles. The lowest BCUT2D eigenvalue weighted by Gasteiger charge is -2.09. The molecular weight excluding hydrogens is 298 g/mol. The van der Waals surface area contributed by atoms with Gasteiger partial charge in [-0.05, 0) is 30.2 Å². The molecule has 0 N–H and O–H groups in total. The Hall–Kier alpha value is -2.46. The first kappa shape index (κ1) is 14.5. The van der Waals surface area contributed by atoms with Crippen LogP contribution in [0.15, 0.2) is 48.5 Å². The molecule has 0 spiro atoms. The Bertz CT molecular complexity index is 826. The number of aldehydes is 1. The molecule has 2 aromatic carbocycles. The zero-order valence-corrected chi connectivity index (χ0v) is 12.8. The van der Waals surface area contributed by atoms with Crippen molar-refractivity contribution in [2.75, 3.05) is 0 Å². The largest absolute Gasteiger partial charge is 0.296 e. The number of carbonyl (C=O) groups excluding carboxylic acids is 1. The first-order valence-electron chi connectivity index (χ1n) is 6.88. The fourth-order valence-corrected chi connectivity index (χ4v) is 2.59. The van der Waals surface area contributed by atoms with Crippen molar-refractivity contribution in [2.24, 2.45) is 0 Å². The maximum atomic E-state index is 11.3. The Balaban J connectivity index is 2.08. The first-order chi connectivity index (χ1) is 10.7. The molecule has 0 saturated heterocycles. The molecule has 22 heavy (non-hydrogen) atoms. The Morgan fingerprint density at radius 2 is 2.00 bits per heavy atom. The lowest BCUT2D eigenvalue weighted by Crippen LogP contribution is -2.06. The van der Waals surface area contributed by atoms with E-state index in [4.69, 9.17) is 11.6 Å². The molecule has 0 saturated carbocycles. The van der Waals surface area contributed by atoms with E-state index in [0.29, 0.717) is 23.0 Å². The number of nitrogens with zero attached hydrogens (tertiary/aromatic N) is 3. The van der Waals surface area contributed by atoms with E-state index >= 15 is 0 Å². The van der Waals surface area contributed by atoms with Gasteiger partial charge in [0.1, 0.15) is 0 Å². The molecule has 0 aliphatic heterocycles. The molecule has 0 radical (unpaired) electrons. The molecular formula is C17H14ClN3O. The second kappa shape index (κ2) is 6.12. The van der Waals surface area contributed by atoms with Gasteiger partial charge in [0.05, 0.1) is 12.2 Å². The highest BCUT2D eigenvalue weighted by atomic mass is 35.5. The van der Waals surface area contributed by atoms with Crippen LogP contribution in [0.25, 0.3) is 11.3 Å². The fourth-order valence-electron chi connectivity index (χ4n) is 2.40. The molecule has 3 rings (SSSR count). The standard InChI is InChI=1S/C17H14ClN3O/c1-12-5-2-3-6-14(12)10-21-17(16(11-22)19-20-21)13-7-4-8-15(18)9-13/h2-9,11H,10H2,1H3. The van der Waals surface area contributed by atoms with E-state index in [1.165, 1.54) is 5.56 Å². The molecule has 0 atom stereocenters. The van der Waals surface area contributed by atoms with Gasteiger partial charge >= 0.3 is 0 Å². The van der Waals surface area contributed by atoms with E-state index in [2.05, 4.69) is 10.3 Å². The van der Waals surface area contributed by atoms with Crippen molar-refractivity contribution in [1.82, 2.24) is 15.0 Å². The van der Waals surface area contributed by atoms with Crippen LogP contribution in [-0.4, -0.2) is 21.3 Å². The zero-order valence-electron chi connectivity index (χ0n) is 12.0. The van der Waals surface area contributed by atoms with Crippen LogP contribution < -0.4 is 0 Å². The topological polar surface area (TPSA) is 47.8 Å². The molecule has 0 amide bonds. The normalized spacial score (nSPS) is 10.6. The third-order valence-corrected chi connectivity index (χ3v) is 3.79. The van der Waals surface area contributed by atoms with Gasteiger partial charge in [-0.2, -0.15) is 0 Å². The monoisotopic (exact) mass is 311 g/mol. The summed E-state index contributed by atoms with van der Waals surface area (Å²) < 4.78 is 1.73. The first-order valence-corrected chi connectivity index (χ1v) is 7.26. The third-order valence-electron chi connectivity index (χ3n) is 3.55. The minimum Gasteiger partial charge on any atom is -0.296 e. The number of hydrogen-bond acceptors (Lipinski definition) is 3. The van der Waals surface area contributed by atoms with E-state index < -0.39 is 0 Å². The van der Waals surface area contributed by atoms with Crippen LogP contribution in [-0.2, 0) is 6.54 Å². The van der Waals surface area contributed by atoms with Crippen molar-refractivity contribution in [1.29, 1.82) is 0 Å². The van der Waals surface area contributed by atoms with Gasteiger partial charge in [0.2, 0.25) is 0 Å². The summed E-state index contributed by atoms with van der Waals surface area (Å²) >= 11 is 6.06. The molecule has 0 aliphatic rings. The maximum absolute atomic E-state index is 11.3. The van der Waals surface area contributed by atoms with Crippen LogP contribution in [0.2, 0.25) is 5.02 Å². The van der Waals surface area contributed by atoms with Gasteiger partial charge < -0.3 is 0 Å². The van der Waals surface area contributed by atoms with E-state index in [9.17, 15) is 4.79 Å². The number of benzene rings is 2. The van der Waals surface area contributed by atoms with Crippen LogP contribution in [0.3, 0.4) is 0 Å². The Kier molecular flexibility index (Phi) is 4.02. The van der Waals surface area contributed by atoms with Crippen molar-refractivity contribution in [2.45, 2.75) is 13.5 Å². The van der Waals surface area contributed by atoms with E-state index in [0.717, 1.165) is 17.4 Å². The van der Waals surface area contributed by atoms with Crippen molar-refractivity contribution < 1.29 is 4.79 Å². The van der Waals surface area contributed by atoms with Gasteiger partial charge in [0.15, 0.2) is 12.0 Å². The summed E-state index contributed by atoms with van der Waals surface area (Å²) in [5.41, 5.74) is 4.13. The summed E-state index contributed by atoms with van der Waals surface area (Å²) in [4.78, 5) is 11.3. The molecule has 0 fully saturated rings. The molecule has 5 heteroatoms. The highest BCUT2D eigenvalue weighted by molar-refractivity contribution is 6.30. The van der Waals surface area contributed by atoms with Crippen LogP contribution >= 0.6 is 11.6 Å². The number of aromatic nitrogens is 3. The SMILES string of the molecule is Cc1ccccc1Cn1nnc(C=O)c1-c1cccc(Cl)c1. The number of rotatable bonds is 4. The highest BCUT2D eigenvalue weighted by Crippen LogP contribution is 2.25. The number of carbonyl (C=O) groups is 1. The van der Waals surface area contributed by atoms with Gasteiger partial charge in [0.25, 0.3) is 0 Å². The van der Waals surface area contributed by atoms with Gasteiger partial charge in [-0.15, -0.1) is 5.10 Å². The smallest absolute Gasteiger partial charge is 0.172 e. The summed E-state index contributed by atoms with van der Waals surface area (Å²) in [5, 5.41) is 8.70. The van der Waals surface area contributed by atoms with Gasteiger partial charge in [-0.1, -0.05) is 53.2 Å². The molecule has 1 aromatic heterocycles. The van der Waals surface area contributed by atoms with E-state index in [1.54, 1.807) is 10.7 Å². The Morgan fingerprint density at radius 3 is 2.73 bits per heavy atom. The summed E-state index contributed by atoms with van der Waals surface area (Å²) in [6.45, 7) is 2.60. The molecule has 0 unspecified atom stereocenters. The third kappa shape index (κ3) is 2.78. The van der Waals surface area contributed by atoms with Gasteiger partial charge in [-0.25, -0.2) is 4.68 Å². The number of hydrogen-bond donors (Lipinski definition) is 0. The highest BCUT2D eigenvalue weighted by Gasteiger charge is 2.15. The molecule has 4 nitrogen and oxygen atoms in total. The summed E-state index contributed by atoms with van der Waals surface area (Å²) in [5.74, 6) is 0. The minimum absolute atomic E-state index is 0.316. The van der Waals surface area contributed by atoms with E-state index in [1.807, 2.05) is 49.4 Å². The van der Waals surface area contributed by atoms with Crippen molar-refractivity contribution >= 4 is 17.9 Å². The quantitative estimate of drug-likeness (QED) is 0.689. The lowest BCUT2D eigenvalue weighted by atomic mass is 10.1. The second-order valence-corrected chi connectivity index (χ2v) is 5.47. The summed E-state index contributed by atoms with van der Waals surface area (Å²) in [6, 6.07) is 15.4. The van der Waals surface area contributed by atoms with E-state index in [-0.39, 0.29) is 0 Å². The van der Waals surface area contributed by atoms with Crippen molar-refractivity contribution in [3.8, 4) is 11.3 Å². The zero-order chi connectivity index (χ0) is 15.5. The van der Waals surface area contributed by atoms with Crippen LogP contribution in [0.4, 0.5) is 0 Å². The lowest BCUT2D eigenvalue weighted by molar-refractivity contribution is 0.111. The Labute approximate surface area is 133 Å². The predicted octanol–water partition coefficient (Wildman–Crippen LogP) is 3.77. The van der Waals surface area contributed by atoms with Gasteiger partial charge in [0, 0.05) is 10.6 Å².